The van der Waals surface area contributed by atoms with Gasteiger partial charge in [0.15, 0.2) is 0 Å². The SMILES string of the molecule is CCCCOC.COc1cc(Cl)c(C#N)cc1NSc1cc(C(=O)O)ccc1C1CC1. The lowest BCUT2D eigenvalue weighted by Gasteiger charge is -2.14. The van der Waals surface area contributed by atoms with Crippen LogP contribution in [0.3, 0.4) is 0 Å². The van der Waals surface area contributed by atoms with Gasteiger partial charge in [-0.15, -0.1) is 0 Å². The first-order valence-electron chi connectivity index (χ1n) is 10.0. The van der Waals surface area contributed by atoms with E-state index >= 15 is 0 Å². The molecule has 0 spiro atoms. The van der Waals surface area contributed by atoms with Gasteiger partial charge in [-0.3, -0.25) is 0 Å². The Kier molecular flexibility index (Phi) is 9.99. The summed E-state index contributed by atoms with van der Waals surface area (Å²) in [6.45, 7) is 3.07. The Bertz CT molecular complexity index is 938. The van der Waals surface area contributed by atoms with Crippen LogP contribution in [-0.4, -0.2) is 31.9 Å². The van der Waals surface area contributed by atoms with Crippen LogP contribution in [0.25, 0.3) is 0 Å². The maximum absolute atomic E-state index is 11.2. The van der Waals surface area contributed by atoms with Gasteiger partial charge in [-0.1, -0.05) is 31.0 Å². The Hall–Kier alpha value is -2.40. The fourth-order valence-electron chi connectivity index (χ4n) is 2.78. The monoisotopic (exact) mass is 462 g/mol. The van der Waals surface area contributed by atoms with Crippen LogP contribution in [0.4, 0.5) is 5.69 Å². The number of hydrogen-bond acceptors (Lipinski definition) is 6. The summed E-state index contributed by atoms with van der Waals surface area (Å²) in [6, 6.07) is 10.4. The van der Waals surface area contributed by atoms with Crippen molar-refractivity contribution < 1.29 is 19.4 Å². The number of carboxylic acids is 1. The highest BCUT2D eigenvalue weighted by Crippen LogP contribution is 2.45. The molecular formula is C23H27ClN2O4S. The van der Waals surface area contributed by atoms with Gasteiger partial charge in [0.25, 0.3) is 0 Å². The first-order chi connectivity index (χ1) is 14.9. The van der Waals surface area contributed by atoms with Crippen LogP contribution in [0.1, 0.15) is 60.0 Å². The Morgan fingerprint density at radius 2 is 2.06 bits per heavy atom. The summed E-state index contributed by atoms with van der Waals surface area (Å²) < 4.78 is 13.2. The third-order valence-electron chi connectivity index (χ3n) is 4.66. The number of anilines is 1. The zero-order valence-corrected chi connectivity index (χ0v) is 19.5. The van der Waals surface area contributed by atoms with Gasteiger partial charge in [-0.05, 0) is 60.9 Å². The molecular weight excluding hydrogens is 436 g/mol. The number of ether oxygens (including phenoxy) is 2. The maximum Gasteiger partial charge on any atom is 0.335 e. The number of halogens is 1. The molecule has 6 nitrogen and oxygen atoms in total. The Balaban J connectivity index is 0.000000501. The molecule has 31 heavy (non-hydrogen) atoms. The highest BCUT2D eigenvalue weighted by Gasteiger charge is 2.27. The standard InChI is InChI=1S/C18H15ClN2O3S.C5H12O/c1-24-16-8-14(19)12(9-20)6-15(16)21-25-17-7-11(18(22)23)4-5-13(17)10-2-3-10;1-3-4-5-6-2/h4-8,10,21H,2-3H2,1H3,(H,22,23);3-5H2,1-2H3. The lowest BCUT2D eigenvalue weighted by molar-refractivity contribution is 0.0696. The Morgan fingerprint density at radius 3 is 2.58 bits per heavy atom. The molecule has 0 radical (unpaired) electrons. The number of carboxylic acid groups (broad SMARTS) is 1. The molecule has 0 heterocycles. The van der Waals surface area contributed by atoms with Crippen molar-refractivity contribution in [2.45, 2.75) is 43.4 Å². The first kappa shape index (κ1) is 24.9. The van der Waals surface area contributed by atoms with Crippen molar-refractivity contribution in [2.24, 2.45) is 0 Å². The van der Waals surface area contributed by atoms with E-state index in [1.54, 1.807) is 31.4 Å². The highest BCUT2D eigenvalue weighted by molar-refractivity contribution is 8.00. The molecule has 8 heteroatoms. The molecule has 0 saturated heterocycles. The molecule has 0 aromatic heterocycles. The van der Waals surface area contributed by atoms with Crippen LogP contribution in [0.5, 0.6) is 5.75 Å². The third-order valence-corrected chi connectivity index (χ3v) is 5.87. The molecule has 0 bridgehead atoms. The van der Waals surface area contributed by atoms with Crippen molar-refractivity contribution in [3.8, 4) is 11.8 Å². The van der Waals surface area contributed by atoms with Crippen molar-refractivity contribution in [3.63, 3.8) is 0 Å². The molecule has 166 valence electrons. The summed E-state index contributed by atoms with van der Waals surface area (Å²) >= 11 is 7.33. The number of rotatable bonds is 9. The van der Waals surface area contributed by atoms with Gasteiger partial charge in [0.2, 0.25) is 0 Å². The number of aromatic carboxylic acids is 1. The predicted octanol–water partition coefficient (Wildman–Crippen LogP) is 6.35. The average molecular weight is 463 g/mol. The van der Waals surface area contributed by atoms with E-state index in [1.807, 2.05) is 12.1 Å². The fraction of sp³-hybridized carbons (Fsp3) is 0.391. The summed E-state index contributed by atoms with van der Waals surface area (Å²) in [5, 5.41) is 18.7. The van der Waals surface area contributed by atoms with E-state index in [-0.39, 0.29) is 5.56 Å². The Morgan fingerprint density at radius 1 is 1.32 bits per heavy atom. The molecule has 2 aromatic rings. The second-order valence-corrected chi connectivity index (χ2v) is 8.28. The number of nitriles is 1. The van der Waals surface area contributed by atoms with E-state index < -0.39 is 5.97 Å². The summed E-state index contributed by atoms with van der Waals surface area (Å²) in [7, 11) is 3.25. The minimum Gasteiger partial charge on any atom is -0.495 e. The number of hydrogen-bond donors (Lipinski definition) is 2. The lowest BCUT2D eigenvalue weighted by Crippen LogP contribution is -2.00. The second kappa shape index (κ2) is 12.5. The minimum absolute atomic E-state index is 0.245. The summed E-state index contributed by atoms with van der Waals surface area (Å²) in [5.74, 6) is 0.0350. The average Bonchev–Trinajstić information content (AvgIpc) is 3.62. The largest absolute Gasteiger partial charge is 0.495 e. The van der Waals surface area contributed by atoms with Gasteiger partial charge in [0.1, 0.15) is 11.8 Å². The molecule has 2 aromatic carbocycles. The lowest BCUT2D eigenvalue weighted by atomic mass is 10.1. The molecule has 1 aliphatic rings. The number of carbonyl (C=O) groups is 1. The van der Waals surface area contributed by atoms with E-state index in [0.29, 0.717) is 27.9 Å². The molecule has 0 unspecified atom stereocenters. The summed E-state index contributed by atoms with van der Waals surface area (Å²) in [4.78, 5) is 12.1. The fourth-order valence-corrected chi connectivity index (χ4v) is 3.89. The quantitative estimate of drug-likeness (QED) is 0.331. The second-order valence-electron chi connectivity index (χ2n) is 7.03. The number of methoxy groups -OCH3 is 2. The number of nitrogens with one attached hydrogen (secondary N) is 1. The molecule has 2 N–H and O–H groups in total. The van der Waals surface area contributed by atoms with Gasteiger partial charge in [0, 0.05) is 24.7 Å². The van der Waals surface area contributed by atoms with Gasteiger partial charge in [0.05, 0.1) is 28.9 Å². The van der Waals surface area contributed by atoms with Gasteiger partial charge in [-0.2, -0.15) is 5.26 Å². The van der Waals surface area contributed by atoms with Crippen LogP contribution in [0.15, 0.2) is 35.2 Å². The van der Waals surface area contributed by atoms with Crippen molar-refractivity contribution in [3.05, 3.63) is 52.0 Å². The zero-order valence-electron chi connectivity index (χ0n) is 17.9. The van der Waals surface area contributed by atoms with Gasteiger partial charge in [-0.25, -0.2) is 4.79 Å². The molecule has 3 rings (SSSR count). The number of benzene rings is 2. The molecule has 0 amide bonds. The van der Waals surface area contributed by atoms with E-state index in [9.17, 15) is 9.90 Å². The van der Waals surface area contributed by atoms with Gasteiger partial charge >= 0.3 is 5.97 Å². The van der Waals surface area contributed by atoms with Crippen molar-refractivity contribution >= 4 is 35.2 Å². The van der Waals surface area contributed by atoms with E-state index in [0.717, 1.165) is 29.9 Å². The predicted molar refractivity (Wildman–Crippen MR) is 124 cm³/mol. The number of unbranched alkanes of at least 4 members (excludes halogenated alkanes) is 1. The van der Waals surface area contributed by atoms with Crippen LogP contribution in [-0.2, 0) is 4.74 Å². The van der Waals surface area contributed by atoms with Crippen molar-refractivity contribution in [1.82, 2.24) is 0 Å². The molecule has 0 atom stereocenters. The van der Waals surface area contributed by atoms with Crippen LogP contribution in [0, 0.1) is 11.3 Å². The number of nitrogens with zero attached hydrogens (tertiary/aromatic N) is 1. The molecule has 1 aliphatic carbocycles. The Labute approximate surface area is 192 Å². The van der Waals surface area contributed by atoms with Crippen LogP contribution >= 0.6 is 23.5 Å². The maximum atomic E-state index is 11.2. The molecule has 1 fully saturated rings. The van der Waals surface area contributed by atoms with Crippen LogP contribution < -0.4 is 9.46 Å². The molecule has 1 saturated carbocycles. The third kappa shape index (κ3) is 7.35. The van der Waals surface area contributed by atoms with E-state index in [4.69, 9.17) is 26.3 Å². The summed E-state index contributed by atoms with van der Waals surface area (Å²) in [5.41, 5.74) is 2.33. The first-order valence-corrected chi connectivity index (χ1v) is 11.2. The van der Waals surface area contributed by atoms with Crippen molar-refractivity contribution in [1.29, 1.82) is 5.26 Å². The topological polar surface area (TPSA) is 91.6 Å². The smallest absolute Gasteiger partial charge is 0.335 e. The van der Waals surface area contributed by atoms with E-state index in [2.05, 4.69) is 11.6 Å². The van der Waals surface area contributed by atoms with Gasteiger partial charge < -0.3 is 19.3 Å². The summed E-state index contributed by atoms with van der Waals surface area (Å²) in [6.07, 6.45) is 4.65. The zero-order chi connectivity index (χ0) is 22.8. The van der Waals surface area contributed by atoms with E-state index in [1.165, 1.54) is 31.9 Å². The normalized spacial score (nSPS) is 12.4. The minimum atomic E-state index is -0.958. The highest BCUT2D eigenvalue weighted by atomic mass is 35.5. The molecule has 0 aliphatic heterocycles. The van der Waals surface area contributed by atoms with Crippen LogP contribution in [0.2, 0.25) is 5.02 Å². The van der Waals surface area contributed by atoms with Crippen molar-refractivity contribution in [2.75, 3.05) is 25.5 Å².